The molecule has 3 rings (SSSR count). The Morgan fingerprint density at radius 2 is 2.40 bits per heavy atom. The summed E-state index contributed by atoms with van der Waals surface area (Å²) in [6.07, 6.45) is 5.33. The Morgan fingerprint density at radius 1 is 1.50 bits per heavy atom. The van der Waals surface area contributed by atoms with Gasteiger partial charge in [0.15, 0.2) is 0 Å². The van der Waals surface area contributed by atoms with Crippen molar-refractivity contribution >= 4 is 5.69 Å². The first-order chi connectivity index (χ1) is 9.74. The summed E-state index contributed by atoms with van der Waals surface area (Å²) in [7, 11) is 0. The number of nitrogens with one attached hydrogen (secondary N) is 1. The van der Waals surface area contributed by atoms with E-state index < -0.39 is 0 Å². The lowest BCUT2D eigenvalue weighted by Crippen LogP contribution is -2.51. The molecule has 20 heavy (non-hydrogen) atoms. The normalized spacial score (nSPS) is 26.4. The fourth-order valence-corrected chi connectivity index (χ4v) is 3.46. The highest BCUT2D eigenvalue weighted by Gasteiger charge is 2.40. The Hall–Kier alpha value is -1.13. The summed E-state index contributed by atoms with van der Waals surface area (Å²) in [5, 5.41) is 3.48. The third kappa shape index (κ3) is 2.54. The van der Waals surface area contributed by atoms with Crippen LogP contribution in [0.3, 0.4) is 0 Å². The standard InChI is InChI=1S/C16H25N3O/c1-3-4-14-13(2)18-7-5-15(14)19-9-6-16(12-19)11-17-8-10-20-16/h5,7,17H,3-4,6,8-12H2,1-2H3. The molecule has 1 aromatic rings. The van der Waals surface area contributed by atoms with Gasteiger partial charge in [-0.25, -0.2) is 0 Å². The van der Waals surface area contributed by atoms with Gasteiger partial charge in [-0.2, -0.15) is 0 Å². The lowest BCUT2D eigenvalue weighted by atomic mass is 10.0. The van der Waals surface area contributed by atoms with Crippen molar-refractivity contribution < 1.29 is 4.74 Å². The summed E-state index contributed by atoms with van der Waals surface area (Å²) in [5.41, 5.74) is 3.98. The largest absolute Gasteiger partial charge is 0.370 e. The van der Waals surface area contributed by atoms with Gasteiger partial charge in [-0.15, -0.1) is 0 Å². The van der Waals surface area contributed by atoms with Crippen molar-refractivity contribution in [2.45, 2.75) is 38.7 Å². The molecule has 110 valence electrons. The lowest BCUT2D eigenvalue weighted by Gasteiger charge is -2.34. The van der Waals surface area contributed by atoms with Crippen LogP contribution in [0.4, 0.5) is 5.69 Å². The predicted octanol–water partition coefficient (Wildman–Crippen LogP) is 1.91. The van der Waals surface area contributed by atoms with Gasteiger partial charge in [-0.1, -0.05) is 13.3 Å². The molecule has 1 spiro atoms. The molecule has 1 aromatic heterocycles. The van der Waals surface area contributed by atoms with Crippen LogP contribution in [0.5, 0.6) is 0 Å². The van der Waals surface area contributed by atoms with Crippen LogP contribution in [0, 0.1) is 6.92 Å². The summed E-state index contributed by atoms with van der Waals surface area (Å²) < 4.78 is 6.09. The van der Waals surface area contributed by atoms with E-state index in [4.69, 9.17) is 4.74 Å². The van der Waals surface area contributed by atoms with E-state index in [9.17, 15) is 0 Å². The van der Waals surface area contributed by atoms with Crippen LogP contribution in [0.15, 0.2) is 12.3 Å². The van der Waals surface area contributed by atoms with Crippen LogP contribution < -0.4 is 10.2 Å². The first kappa shape index (κ1) is 13.8. The van der Waals surface area contributed by atoms with Crippen molar-refractivity contribution in [2.24, 2.45) is 0 Å². The van der Waals surface area contributed by atoms with Crippen LogP contribution in [0.25, 0.3) is 0 Å². The summed E-state index contributed by atoms with van der Waals surface area (Å²) >= 11 is 0. The highest BCUT2D eigenvalue weighted by atomic mass is 16.5. The van der Waals surface area contributed by atoms with Gasteiger partial charge in [0.05, 0.1) is 12.2 Å². The van der Waals surface area contributed by atoms with Crippen molar-refractivity contribution in [1.29, 1.82) is 0 Å². The fraction of sp³-hybridized carbons (Fsp3) is 0.688. The Balaban J connectivity index is 1.82. The number of hydrogen-bond donors (Lipinski definition) is 1. The van der Waals surface area contributed by atoms with Gasteiger partial charge >= 0.3 is 0 Å². The average molecular weight is 275 g/mol. The minimum absolute atomic E-state index is 0.0267. The smallest absolute Gasteiger partial charge is 0.0997 e. The Bertz CT molecular complexity index is 469. The van der Waals surface area contributed by atoms with Crippen LogP contribution >= 0.6 is 0 Å². The number of nitrogens with zero attached hydrogens (tertiary/aromatic N) is 2. The molecule has 0 aromatic carbocycles. The molecule has 0 amide bonds. The molecule has 1 N–H and O–H groups in total. The van der Waals surface area contributed by atoms with Gasteiger partial charge in [-0.3, -0.25) is 4.98 Å². The van der Waals surface area contributed by atoms with Crippen molar-refractivity contribution in [3.8, 4) is 0 Å². The zero-order valence-electron chi connectivity index (χ0n) is 12.6. The Morgan fingerprint density at radius 3 is 3.15 bits per heavy atom. The van der Waals surface area contributed by atoms with E-state index in [1.807, 2.05) is 6.20 Å². The number of anilines is 1. The highest BCUT2D eigenvalue weighted by molar-refractivity contribution is 5.56. The summed E-state index contributed by atoms with van der Waals surface area (Å²) in [4.78, 5) is 6.96. The van der Waals surface area contributed by atoms with Crippen LogP contribution in [0.2, 0.25) is 0 Å². The topological polar surface area (TPSA) is 37.4 Å². The molecule has 4 heteroatoms. The second-order valence-corrected chi connectivity index (χ2v) is 6.02. The van der Waals surface area contributed by atoms with Gasteiger partial charge in [0.2, 0.25) is 0 Å². The molecule has 4 nitrogen and oxygen atoms in total. The van der Waals surface area contributed by atoms with E-state index in [1.165, 1.54) is 16.9 Å². The minimum atomic E-state index is 0.0267. The molecule has 1 atom stereocenters. The predicted molar refractivity (Wildman–Crippen MR) is 81.4 cm³/mol. The molecular weight excluding hydrogens is 250 g/mol. The van der Waals surface area contributed by atoms with E-state index in [0.717, 1.165) is 52.0 Å². The molecule has 2 aliphatic rings. The quantitative estimate of drug-likeness (QED) is 0.914. The molecular formula is C16H25N3O. The third-order valence-electron chi connectivity index (χ3n) is 4.54. The first-order valence-electron chi connectivity index (χ1n) is 7.78. The molecule has 2 fully saturated rings. The average Bonchev–Trinajstić information content (AvgIpc) is 2.86. The number of ether oxygens (including phenoxy) is 1. The number of rotatable bonds is 3. The molecule has 0 bridgehead atoms. The van der Waals surface area contributed by atoms with Crippen LogP contribution in [-0.4, -0.2) is 43.4 Å². The van der Waals surface area contributed by atoms with Gasteiger partial charge in [0.1, 0.15) is 0 Å². The second kappa shape index (κ2) is 5.70. The van der Waals surface area contributed by atoms with E-state index in [-0.39, 0.29) is 5.60 Å². The number of aromatic nitrogens is 1. The Labute approximate surface area is 121 Å². The minimum Gasteiger partial charge on any atom is -0.370 e. The van der Waals surface area contributed by atoms with Crippen molar-refractivity contribution in [2.75, 3.05) is 37.7 Å². The first-order valence-corrected chi connectivity index (χ1v) is 7.78. The maximum Gasteiger partial charge on any atom is 0.0997 e. The van der Waals surface area contributed by atoms with Gasteiger partial charge in [0.25, 0.3) is 0 Å². The van der Waals surface area contributed by atoms with Gasteiger partial charge < -0.3 is 15.0 Å². The third-order valence-corrected chi connectivity index (χ3v) is 4.54. The van der Waals surface area contributed by atoms with Gasteiger partial charge in [-0.05, 0) is 31.4 Å². The lowest BCUT2D eigenvalue weighted by molar-refractivity contribution is -0.0496. The van der Waals surface area contributed by atoms with Crippen LogP contribution in [-0.2, 0) is 11.2 Å². The number of aryl methyl sites for hydroxylation is 1. The molecule has 2 aliphatic heterocycles. The molecule has 0 saturated carbocycles. The monoisotopic (exact) mass is 275 g/mol. The van der Waals surface area contributed by atoms with Crippen molar-refractivity contribution in [3.63, 3.8) is 0 Å². The maximum absolute atomic E-state index is 6.09. The number of morpholine rings is 1. The zero-order valence-corrected chi connectivity index (χ0v) is 12.6. The maximum atomic E-state index is 6.09. The summed E-state index contributed by atoms with van der Waals surface area (Å²) in [6, 6.07) is 2.17. The second-order valence-electron chi connectivity index (χ2n) is 6.02. The van der Waals surface area contributed by atoms with Crippen molar-refractivity contribution in [3.05, 3.63) is 23.5 Å². The van der Waals surface area contributed by atoms with Gasteiger partial charge in [0, 0.05) is 43.8 Å². The SMILES string of the molecule is CCCc1c(N2CCC3(CNCCO3)C2)ccnc1C. The molecule has 0 aliphatic carbocycles. The van der Waals surface area contributed by atoms with E-state index in [0.29, 0.717) is 0 Å². The molecule has 2 saturated heterocycles. The zero-order chi connectivity index (χ0) is 14.0. The summed E-state index contributed by atoms with van der Waals surface area (Å²) in [6.45, 7) is 9.25. The number of hydrogen-bond acceptors (Lipinski definition) is 4. The van der Waals surface area contributed by atoms with Crippen molar-refractivity contribution in [1.82, 2.24) is 10.3 Å². The highest BCUT2D eigenvalue weighted by Crippen LogP contribution is 2.33. The number of pyridine rings is 1. The molecule has 0 radical (unpaired) electrons. The van der Waals surface area contributed by atoms with E-state index in [2.05, 4.69) is 35.1 Å². The van der Waals surface area contributed by atoms with Crippen LogP contribution in [0.1, 0.15) is 31.0 Å². The molecule has 3 heterocycles. The molecule has 1 unspecified atom stereocenters. The summed E-state index contributed by atoms with van der Waals surface area (Å²) in [5.74, 6) is 0. The fourth-order valence-electron chi connectivity index (χ4n) is 3.46. The van der Waals surface area contributed by atoms with E-state index >= 15 is 0 Å². The van der Waals surface area contributed by atoms with E-state index in [1.54, 1.807) is 0 Å². The Kier molecular flexibility index (Phi) is 3.94.